The molecule has 2 aromatic carbocycles. The lowest BCUT2D eigenvalue weighted by Crippen LogP contribution is -2.35. The van der Waals surface area contributed by atoms with Crippen LogP contribution in [-0.4, -0.2) is 27.8 Å². The first-order valence-corrected chi connectivity index (χ1v) is 7.04. The molecule has 5 nitrogen and oxygen atoms in total. The molecule has 24 heavy (non-hydrogen) atoms. The van der Waals surface area contributed by atoms with Crippen LogP contribution in [0.2, 0.25) is 0 Å². The Balaban J connectivity index is 2.07. The van der Waals surface area contributed by atoms with Crippen molar-refractivity contribution in [3.63, 3.8) is 0 Å². The minimum atomic E-state index is -1.28. The van der Waals surface area contributed by atoms with Crippen LogP contribution in [0.4, 0.5) is 8.78 Å². The van der Waals surface area contributed by atoms with Crippen LogP contribution >= 0.6 is 0 Å². The van der Waals surface area contributed by atoms with E-state index in [-0.39, 0.29) is 16.7 Å². The Labute approximate surface area is 135 Å². The fourth-order valence-corrected chi connectivity index (χ4v) is 2.73. The number of amides is 2. The number of imide groups is 1. The second-order valence-electron chi connectivity index (χ2n) is 5.31. The zero-order valence-electron chi connectivity index (χ0n) is 12.2. The van der Waals surface area contributed by atoms with Crippen LogP contribution in [0.25, 0.3) is 0 Å². The maximum atomic E-state index is 13.5. The summed E-state index contributed by atoms with van der Waals surface area (Å²) in [6.07, 6.45) is -0.615. The van der Waals surface area contributed by atoms with Gasteiger partial charge in [-0.15, -0.1) is 0 Å². The van der Waals surface area contributed by atoms with E-state index >= 15 is 0 Å². The summed E-state index contributed by atoms with van der Waals surface area (Å²) in [6, 6.07) is 7.64. The molecule has 3 rings (SSSR count). The van der Waals surface area contributed by atoms with Gasteiger partial charge in [0.25, 0.3) is 11.8 Å². The van der Waals surface area contributed by atoms with Gasteiger partial charge in [0.05, 0.1) is 23.6 Å². The SMILES string of the molecule is O=C(O)C[C@@H](c1ccc(F)c(F)c1)N1C(=O)c2ccccc2C1=O. The Hall–Kier alpha value is -3.09. The Morgan fingerprint density at radius 1 is 1.00 bits per heavy atom. The number of fused-ring (bicyclic) bond motifs is 1. The predicted octanol–water partition coefficient (Wildman–Crippen LogP) is 2.78. The molecule has 1 aliphatic heterocycles. The van der Waals surface area contributed by atoms with Crippen molar-refractivity contribution in [3.05, 3.63) is 70.8 Å². The van der Waals surface area contributed by atoms with E-state index < -0.39 is 41.9 Å². The van der Waals surface area contributed by atoms with Crippen molar-refractivity contribution in [2.75, 3.05) is 0 Å². The third-order valence-corrected chi connectivity index (χ3v) is 3.83. The monoisotopic (exact) mass is 331 g/mol. The molecule has 0 aromatic heterocycles. The topological polar surface area (TPSA) is 74.7 Å². The number of aliphatic carboxylic acids is 1. The van der Waals surface area contributed by atoms with E-state index in [4.69, 9.17) is 5.11 Å². The highest BCUT2D eigenvalue weighted by Crippen LogP contribution is 2.33. The van der Waals surface area contributed by atoms with Gasteiger partial charge in [0.15, 0.2) is 11.6 Å². The summed E-state index contributed by atoms with van der Waals surface area (Å²) in [5.74, 6) is -4.88. The number of rotatable bonds is 4. The third kappa shape index (κ3) is 2.54. The lowest BCUT2D eigenvalue weighted by atomic mass is 10.0. The van der Waals surface area contributed by atoms with Crippen LogP contribution < -0.4 is 0 Å². The quantitative estimate of drug-likeness (QED) is 0.874. The third-order valence-electron chi connectivity index (χ3n) is 3.83. The molecule has 7 heteroatoms. The van der Waals surface area contributed by atoms with E-state index in [1.807, 2.05) is 0 Å². The second kappa shape index (κ2) is 5.84. The molecule has 0 saturated heterocycles. The number of benzene rings is 2. The summed E-state index contributed by atoms with van der Waals surface area (Å²) in [5.41, 5.74) is 0.340. The molecule has 0 saturated carbocycles. The van der Waals surface area contributed by atoms with Crippen LogP contribution in [0.5, 0.6) is 0 Å². The molecule has 122 valence electrons. The normalized spacial score (nSPS) is 14.7. The summed E-state index contributed by atoms with van der Waals surface area (Å²) in [7, 11) is 0. The maximum Gasteiger partial charge on any atom is 0.305 e. The van der Waals surface area contributed by atoms with Crippen molar-refractivity contribution in [1.82, 2.24) is 4.90 Å². The van der Waals surface area contributed by atoms with Crippen molar-refractivity contribution >= 4 is 17.8 Å². The van der Waals surface area contributed by atoms with Crippen LogP contribution in [0.1, 0.15) is 38.7 Å². The first kappa shape index (κ1) is 15.8. The molecule has 1 N–H and O–H groups in total. The Morgan fingerprint density at radius 3 is 2.08 bits per heavy atom. The molecule has 2 amide bonds. The predicted molar refractivity (Wildman–Crippen MR) is 78.3 cm³/mol. The molecule has 0 unspecified atom stereocenters. The van der Waals surface area contributed by atoms with Gasteiger partial charge in [-0.1, -0.05) is 18.2 Å². The summed E-state index contributed by atoms with van der Waals surface area (Å²) in [6.45, 7) is 0. The van der Waals surface area contributed by atoms with Gasteiger partial charge in [0.2, 0.25) is 0 Å². The van der Waals surface area contributed by atoms with E-state index in [0.717, 1.165) is 23.1 Å². The Bertz CT molecular complexity index is 830. The number of nitrogens with zero attached hydrogens (tertiary/aromatic N) is 1. The molecule has 1 atom stereocenters. The van der Waals surface area contributed by atoms with Gasteiger partial charge in [-0.25, -0.2) is 8.78 Å². The summed E-state index contributed by atoms with van der Waals surface area (Å²) >= 11 is 0. The second-order valence-corrected chi connectivity index (χ2v) is 5.31. The van der Waals surface area contributed by atoms with Crippen LogP contribution in [0, 0.1) is 11.6 Å². The van der Waals surface area contributed by atoms with E-state index in [1.54, 1.807) is 12.1 Å². The van der Waals surface area contributed by atoms with Crippen molar-refractivity contribution in [3.8, 4) is 0 Å². The van der Waals surface area contributed by atoms with Crippen molar-refractivity contribution in [2.45, 2.75) is 12.5 Å². The molecule has 0 spiro atoms. The van der Waals surface area contributed by atoms with Crippen molar-refractivity contribution in [2.24, 2.45) is 0 Å². The standard InChI is InChI=1S/C17H11F2NO4/c18-12-6-5-9(7-13(12)19)14(8-15(21)22)20-16(23)10-3-1-2-4-11(10)17(20)24/h1-7,14H,8H2,(H,21,22)/t14-/m0/s1. The minimum Gasteiger partial charge on any atom is -0.481 e. The zero-order valence-corrected chi connectivity index (χ0v) is 12.2. The number of halogens is 2. The molecule has 0 fully saturated rings. The first-order chi connectivity index (χ1) is 11.4. The van der Waals surface area contributed by atoms with E-state index in [9.17, 15) is 23.2 Å². The van der Waals surface area contributed by atoms with E-state index in [1.165, 1.54) is 12.1 Å². The van der Waals surface area contributed by atoms with Crippen LogP contribution in [0.15, 0.2) is 42.5 Å². The molecule has 2 aromatic rings. The fraction of sp³-hybridized carbons (Fsp3) is 0.118. The number of carboxylic acid groups (broad SMARTS) is 1. The molecule has 0 aliphatic carbocycles. The maximum absolute atomic E-state index is 13.5. The number of carbonyl (C=O) groups excluding carboxylic acids is 2. The smallest absolute Gasteiger partial charge is 0.305 e. The van der Waals surface area contributed by atoms with E-state index in [0.29, 0.717) is 0 Å². The number of carbonyl (C=O) groups is 3. The van der Waals surface area contributed by atoms with Crippen molar-refractivity contribution < 1.29 is 28.3 Å². The minimum absolute atomic E-state index is 0.0332. The van der Waals surface area contributed by atoms with Gasteiger partial charge >= 0.3 is 5.97 Å². The highest BCUT2D eigenvalue weighted by molar-refractivity contribution is 6.21. The van der Waals surface area contributed by atoms with Crippen molar-refractivity contribution in [1.29, 1.82) is 0 Å². The lowest BCUT2D eigenvalue weighted by Gasteiger charge is -2.25. The molecule has 0 bridgehead atoms. The average Bonchev–Trinajstić information content (AvgIpc) is 2.80. The Morgan fingerprint density at radius 2 is 1.58 bits per heavy atom. The summed E-state index contributed by atoms with van der Waals surface area (Å²) in [4.78, 5) is 36.9. The molecule has 1 aliphatic rings. The molecular formula is C17H11F2NO4. The number of carboxylic acids is 1. The first-order valence-electron chi connectivity index (χ1n) is 7.04. The van der Waals surface area contributed by atoms with Gasteiger partial charge < -0.3 is 5.11 Å². The molecule has 1 heterocycles. The van der Waals surface area contributed by atoms with Gasteiger partial charge in [-0.05, 0) is 29.8 Å². The van der Waals surface area contributed by atoms with Gasteiger partial charge in [0, 0.05) is 0 Å². The van der Waals surface area contributed by atoms with Crippen LogP contribution in [-0.2, 0) is 4.79 Å². The molecular weight excluding hydrogens is 320 g/mol. The molecule has 0 radical (unpaired) electrons. The zero-order chi connectivity index (χ0) is 17.4. The van der Waals surface area contributed by atoms with Gasteiger partial charge in [-0.3, -0.25) is 19.3 Å². The average molecular weight is 331 g/mol. The van der Waals surface area contributed by atoms with Gasteiger partial charge in [-0.2, -0.15) is 0 Å². The van der Waals surface area contributed by atoms with E-state index in [2.05, 4.69) is 0 Å². The van der Waals surface area contributed by atoms with Crippen LogP contribution in [0.3, 0.4) is 0 Å². The highest BCUT2D eigenvalue weighted by Gasteiger charge is 2.41. The summed E-state index contributed by atoms with van der Waals surface area (Å²) < 4.78 is 26.6. The summed E-state index contributed by atoms with van der Waals surface area (Å²) in [5, 5.41) is 9.10. The largest absolute Gasteiger partial charge is 0.481 e. The number of hydrogen-bond acceptors (Lipinski definition) is 3. The van der Waals surface area contributed by atoms with Gasteiger partial charge in [0.1, 0.15) is 0 Å². The fourth-order valence-electron chi connectivity index (χ4n) is 2.73. The number of hydrogen-bond donors (Lipinski definition) is 1. The Kier molecular flexibility index (Phi) is 3.84. The lowest BCUT2D eigenvalue weighted by molar-refractivity contribution is -0.138. The highest BCUT2D eigenvalue weighted by atomic mass is 19.2.